The smallest absolute Gasteiger partial charge is 0.332 e. The van der Waals surface area contributed by atoms with Gasteiger partial charge in [-0.2, -0.15) is 0 Å². The van der Waals surface area contributed by atoms with Crippen molar-refractivity contribution in [3.05, 3.63) is 24.3 Å². The van der Waals surface area contributed by atoms with Crippen LogP contribution in [0.3, 0.4) is 0 Å². The van der Waals surface area contributed by atoms with Crippen molar-refractivity contribution < 1.29 is 19.5 Å². The van der Waals surface area contributed by atoms with E-state index < -0.39 is 11.8 Å². The lowest BCUT2D eigenvalue weighted by atomic mass is 10.3. The molecule has 0 atom stereocenters. The molecule has 0 bridgehead atoms. The molecule has 80 valence electrons. The van der Waals surface area contributed by atoms with Crippen LogP contribution in [-0.2, 0) is 9.59 Å². The van der Waals surface area contributed by atoms with Crippen molar-refractivity contribution in [1.29, 1.82) is 0 Å². The Labute approximate surface area is 85.8 Å². The molecule has 2 amide bonds. The summed E-state index contributed by atoms with van der Waals surface area (Å²) < 4.78 is 4.91. The summed E-state index contributed by atoms with van der Waals surface area (Å²) in [5.74, 6) is -1.42. The van der Waals surface area contributed by atoms with Crippen LogP contribution in [0.1, 0.15) is 0 Å². The van der Waals surface area contributed by atoms with E-state index >= 15 is 0 Å². The average Bonchev–Trinajstić information content (AvgIpc) is 2.29. The van der Waals surface area contributed by atoms with E-state index in [1.54, 1.807) is 24.3 Å². The van der Waals surface area contributed by atoms with Crippen LogP contribution < -0.4 is 15.5 Å². The van der Waals surface area contributed by atoms with Gasteiger partial charge in [-0.05, 0) is 24.3 Å². The molecule has 0 radical (unpaired) electrons. The highest BCUT2D eigenvalue weighted by molar-refractivity contribution is 6.39. The Morgan fingerprint density at radius 3 is 2.27 bits per heavy atom. The first kappa shape index (κ1) is 11.0. The lowest BCUT2D eigenvalue weighted by Crippen LogP contribution is -2.33. The van der Waals surface area contributed by atoms with E-state index in [0.717, 1.165) is 0 Å². The Bertz CT molecular complexity index is 361. The number of anilines is 1. The quantitative estimate of drug-likeness (QED) is 0.368. The SMILES string of the molecule is COc1ccc(NC(=O)C(=O)NO)cc1. The zero-order chi connectivity index (χ0) is 11.3. The van der Waals surface area contributed by atoms with Gasteiger partial charge >= 0.3 is 11.8 Å². The van der Waals surface area contributed by atoms with E-state index in [4.69, 9.17) is 9.94 Å². The number of rotatable bonds is 2. The molecule has 0 aromatic heterocycles. The molecule has 0 aliphatic heterocycles. The van der Waals surface area contributed by atoms with Crippen LogP contribution >= 0.6 is 0 Å². The Morgan fingerprint density at radius 2 is 1.80 bits per heavy atom. The van der Waals surface area contributed by atoms with Crippen LogP contribution in [0.25, 0.3) is 0 Å². The van der Waals surface area contributed by atoms with Gasteiger partial charge in [-0.25, -0.2) is 5.48 Å². The molecule has 1 aromatic carbocycles. The van der Waals surface area contributed by atoms with Crippen molar-refractivity contribution in [3.63, 3.8) is 0 Å². The molecule has 15 heavy (non-hydrogen) atoms. The zero-order valence-corrected chi connectivity index (χ0v) is 7.98. The number of hydroxylamine groups is 1. The number of hydrogen-bond acceptors (Lipinski definition) is 4. The van der Waals surface area contributed by atoms with E-state index in [1.807, 2.05) is 0 Å². The Kier molecular flexibility index (Phi) is 3.64. The summed E-state index contributed by atoms with van der Waals surface area (Å²) in [6, 6.07) is 6.40. The molecule has 0 unspecified atom stereocenters. The molecule has 0 spiro atoms. The van der Waals surface area contributed by atoms with Crippen molar-refractivity contribution in [2.75, 3.05) is 12.4 Å². The number of benzene rings is 1. The van der Waals surface area contributed by atoms with Gasteiger partial charge < -0.3 is 10.1 Å². The molecule has 1 rings (SSSR count). The fraction of sp³-hybridized carbons (Fsp3) is 0.111. The van der Waals surface area contributed by atoms with E-state index in [1.165, 1.54) is 12.6 Å². The summed E-state index contributed by atoms with van der Waals surface area (Å²) in [6.45, 7) is 0. The first-order valence-corrected chi connectivity index (χ1v) is 4.07. The van der Waals surface area contributed by atoms with Crippen molar-refractivity contribution in [2.45, 2.75) is 0 Å². The predicted molar refractivity (Wildman–Crippen MR) is 51.6 cm³/mol. The van der Waals surface area contributed by atoms with Crippen LogP contribution in [0.4, 0.5) is 5.69 Å². The van der Waals surface area contributed by atoms with Crippen LogP contribution in [0.2, 0.25) is 0 Å². The van der Waals surface area contributed by atoms with Gasteiger partial charge in [-0.3, -0.25) is 14.8 Å². The average molecular weight is 210 g/mol. The molecule has 0 saturated heterocycles. The summed E-state index contributed by atoms with van der Waals surface area (Å²) >= 11 is 0. The van der Waals surface area contributed by atoms with Crippen LogP contribution in [0.15, 0.2) is 24.3 Å². The van der Waals surface area contributed by atoms with Crippen LogP contribution in [0.5, 0.6) is 5.75 Å². The second-order valence-electron chi connectivity index (χ2n) is 2.62. The first-order valence-electron chi connectivity index (χ1n) is 4.07. The second kappa shape index (κ2) is 4.97. The molecular weight excluding hydrogens is 200 g/mol. The Morgan fingerprint density at radius 1 is 1.20 bits per heavy atom. The number of carbonyl (C=O) groups excluding carboxylic acids is 2. The van der Waals surface area contributed by atoms with Gasteiger partial charge in [0.15, 0.2) is 0 Å². The van der Waals surface area contributed by atoms with Crippen molar-refractivity contribution in [1.82, 2.24) is 5.48 Å². The van der Waals surface area contributed by atoms with Gasteiger partial charge in [-0.1, -0.05) is 0 Å². The molecule has 6 heteroatoms. The molecule has 3 N–H and O–H groups in total. The highest BCUT2D eigenvalue weighted by Crippen LogP contribution is 2.14. The topological polar surface area (TPSA) is 87.7 Å². The molecule has 6 nitrogen and oxygen atoms in total. The maximum absolute atomic E-state index is 11.0. The molecular formula is C9H10N2O4. The second-order valence-corrected chi connectivity index (χ2v) is 2.62. The van der Waals surface area contributed by atoms with Crippen molar-refractivity contribution in [2.24, 2.45) is 0 Å². The Hall–Kier alpha value is -2.08. The third-order valence-electron chi connectivity index (χ3n) is 1.66. The van der Waals surface area contributed by atoms with E-state index in [2.05, 4.69) is 5.32 Å². The lowest BCUT2D eigenvalue weighted by Gasteiger charge is -2.04. The van der Waals surface area contributed by atoms with E-state index in [9.17, 15) is 9.59 Å². The first-order chi connectivity index (χ1) is 7.17. The van der Waals surface area contributed by atoms with Crippen LogP contribution in [-0.4, -0.2) is 24.1 Å². The van der Waals surface area contributed by atoms with Crippen molar-refractivity contribution >= 4 is 17.5 Å². The third-order valence-corrected chi connectivity index (χ3v) is 1.66. The number of carbonyl (C=O) groups is 2. The minimum atomic E-state index is -1.12. The summed E-state index contributed by atoms with van der Waals surface area (Å²) in [6.07, 6.45) is 0. The van der Waals surface area contributed by atoms with Gasteiger partial charge in [-0.15, -0.1) is 0 Å². The van der Waals surface area contributed by atoms with Gasteiger partial charge in [0.1, 0.15) is 5.75 Å². The van der Waals surface area contributed by atoms with Gasteiger partial charge in [0, 0.05) is 5.69 Å². The standard InChI is InChI=1S/C9H10N2O4/c1-15-7-4-2-6(3-5-7)10-8(12)9(13)11-14/h2-5,14H,1H3,(H,10,12)(H,11,13). The predicted octanol–water partition coefficient (Wildman–Crippen LogP) is 0.139. The molecule has 0 aliphatic rings. The van der Waals surface area contributed by atoms with E-state index in [0.29, 0.717) is 11.4 Å². The van der Waals surface area contributed by atoms with Gasteiger partial charge in [0.05, 0.1) is 7.11 Å². The molecule has 0 saturated carbocycles. The maximum Gasteiger partial charge on any atom is 0.332 e. The van der Waals surface area contributed by atoms with E-state index in [-0.39, 0.29) is 0 Å². The zero-order valence-electron chi connectivity index (χ0n) is 7.98. The number of amides is 2. The molecule has 0 aliphatic carbocycles. The molecule has 0 heterocycles. The maximum atomic E-state index is 11.0. The summed E-state index contributed by atoms with van der Waals surface area (Å²) in [5, 5.41) is 10.5. The highest BCUT2D eigenvalue weighted by Gasteiger charge is 2.11. The number of nitrogens with one attached hydrogen (secondary N) is 2. The largest absolute Gasteiger partial charge is 0.497 e. The lowest BCUT2D eigenvalue weighted by molar-refractivity contribution is -0.141. The molecule has 1 aromatic rings. The number of hydrogen-bond donors (Lipinski definition) is 3. The summed E-state index contributed by atoms with van der Waals surface area (Å²) in [4.78, 5) is 21.6. The fourth-order valence-electron chi connectivity index (χ4n) is 0.913. The van der Waals surface area contributed by atoms with Gasteiger partial charge in [0.25, 0.3) is 0 Å². The minimum absolute atomic E-state index is 0.435. The van der Waals surface area contributed by atoms with Crippen molar-refractivity contribution in [3.8, 4) is 5.75 Å². The summed E-state index contributed by atoms with van der Waals surface area (Å²) in [5.41, 5.74) is 1.67. The third kappa shape index (κ3) is 2.96. The minimum Gasteiger partial charge on any atom is -0.497 e. The number of ether oxygens (including phenoxy) is 1. The molecule has 0 fully saturated rings. The highest BCUT2D eigenvalue weighted by atomic mass is 16.5. The summed E-state index contributed by atoms with van der Waals surface area (Å²) in [7, 11) is 1.52. The fourth-order valence-corrected chi connectivity index (χ4v) is 0.913. The van der Waals surface area contributed by atoms with Crippen LogP contribution in [0, 0.1) is 0 Å². The van der Waals surface area contributed by atoms with Gasteiger partial charge in [0.2, 0.25) is 0 Å². The monoisotopic (exact) mass is 210 g/mol. The number of methoxy groups -OCH3 is 1. The Balaban J connectivity index is 2.65. The normalized spacial score (nSPS) is 9.20.